The number of urea groups is 1. The van der Waals surface area contributed by atoms with E-state index in [9.17, 15) is 14.9 Å². The number of non-ortho nitro benzene ring substituents is 1. The van der Waals surface area contributed by atoms with Crippen molar-refractivity contribution in [2.24, 2.45) is 0 Å². The van der Waals surface area contributed by atoms with Gasteiger partial charge in [0.2, 0.25) is 5.13 Å². The molecule has 2 N–H and O–H groups in total. The maximum atomic E-state index is 11.8. The molecule has 1 aromatic heterocycles. The summed E-state index contributed by atoms with van der Waals surface area (Å²) in [6.45, 7) is 5.65. The van der Waals surface area contributed by atoms with E-state index in [-0.39, 0.29) is 17.3 Å². The highest BCUT2D eigenvalue weighted by Crippen LogP contribution is 2.29. The number of thioether (sulfide) groups is 1. The first-order chi connectivity index (χ1) is 11.2. The minimum Gasteiger partial charge on any atom is -0.333 e. The lowest BCUT2D eigenvalue weighted by Crippen LogP contribution is -2.43. The van der Waals surface area contributed by atoms with Gasteiger partial charge in [-0.1, -0.05) is 35.2 Å². The number of nitro groups is 1. The molecule has 0 spiro atoms. The van der Waals surface area contributed by atoms with Crippen LogP contribution in [0.3, 0.4) is 0 Å². The summed E-state index contributed by atoms with van der Waals surface area (Å²) >= 11 is 2.66. The van der Waals surface area contributed by atoms with Crippen molar-refractivity contribution < 1.29 is 9.72 Å². The van der Waals surface area contributed by atoms with Crippen LogP contribution in [0, 0.1) is 10.1 Å². The lowest BCUT2D eigenvalue weighted by atomic mass is 10.1. The van der Waals surface area contributed by atoms with E-state index in [1.807, 2.05) is 26.8 Å². The van der Waals surface area contributed by atoms with Gasteiger partial charge in [0.25, 0.3) is 5.69 Å². The highest BCUT2D eigenvalue weighted by molar-refractivity contribution is 8.00. The summed E-state index contributed by atoms with van der Waals surface area (Å²) < 4.78 is 0.674. The summed E-state index contributed by atoms with van der Waals surface area (Å²) in [7, 11) is 0. The molecule has 0 aliphatic heterocycles. The minimum absolute atomic E-state index is 0.0616. The SMILES string of the molecule is CC(C)(C)NC(=O)Nc1nnc(SCc2cccc([N+](=O)[O-])c2)s1. The molecule has 0 fully saturated rings. The van der Waals surface area contributed by atoms with Gasteiger partial charge >= 0.3 is 6.03 Å². The molecule has 0 atom stereocenters. The summed E-state index contributed by atoms with van der Waals surface area (Å²) in [6.07, 6.45) is 0. The lowest BCUT2D eigenvalue weighted by Gasteiger charge is -2.19. The monoisotopic (exact) mass is 367 g/mol. The summed E-state index contributed by atoms with van der Waals surface area (Å²) in [6, 6.07) is 6.11. The Bertz CT molecular complexity index is 742. The van der Waals surface area contributed by atoms with Crippen molar-refractivity contribution >= 4 is 39.9 Å². The van der Waals surface area contributed by atoms with E-state index in [1.54, 1.807) is 6.07 Å². The molecule has 2 amide bonds. The number of nitro benzene ring substituents is 1. The van der Waals surface area contributed by atoms with Gasteiger partial charge in [-0.3, -0.25) is 15.4 Å². The molecule has 0 bridgehead atoms. The first-order valence-electron chi connectivity index (χ1n) is 7.02. The van der Waals surface area contributed by atoms with Crippen LogP contribution in [0.25, 0.3) is 0 Å². The lowest BCUT2D eigenvalue weighted by molar-refractivity contribution is -0.384. The van der Waals surface area contributed by atoms with Crippen molar-refractivity contribution in [3.63, 3.8) is 0 Å². The molecule has 0 unspecified atom stereocenters. The Labute approximate surface area is 147 Å². The number of rotatable bonds is 5. The van der Waals surface area contributed by atoms with Gasteiger partial charge in [0.1, 0.15) is 0 Å². The Morgan fingerprint density at radius 3 is 2.79 bits per heavy atom. The fraction of sp³-hybridized carbons (Fsp3) is 0.357. The number of nitrogens with zero attached hydrogens (tertiary/aromatic N) is 3. The minimum atomic E-state index is -0.422. The molecule has 0 radical (unpaired) electrons. The Morgan fingerprint density at radius 2 is 2.12 bits per heavy atom. The van der Waals surface area contributed by atoms with Gasteiger partial charge in [0.05, 0.1) is 4.92 Å². The second kappa shape index (κ2) is 7.58. The predicted octanol–water partition coefficient (Wildman–Crippen LogP) is 3.66. The van der Waals surface area contributed by atoms with Crippen LogP contribution in [0.5, 0.6) is 0 Å². The van der Waals surface area contributed by atoms with Crippen LogP contribution in [-0.2, 0) is 5.75 Å². The molecule has 2 rings (SSSR count). The molecular formula is C14H17N5O3S2. The van der Waals surface area contributed by atoms with Gasteiger partial charge in [-0.25, -0.2) is 4.79 Å². The van der Waals surface area contributed by atoms with Crippen molar-refractivity contribution in [1.29, 1.82) is 0 Å². The average Bonchev–Trinajstić information content (AvgIpc) is 2.90. The third kappa shape index (κ3) is 5.78. The Balaban J connectivity index is 1.91. The molecule has 8 nitrogen and oxygen atoms in total. The van der Waals surface area contributed by atoms with Crippen LogP contribution in [-0.4, -0.2) is 26.7 Å². The molecule has 2 aromatic rings. The molecule has 0 saturated heterocycles. The molecule has 0 aliphatic carbocycles. The van der Waals surface area contributed by atoms with E-state index in [4.69, 9.17) is 0 Å². The number of nitrogens with one attached hydrogen (secondary N) is 2. The molecule has 128 valence electrons. The van der Waals surface area contributed by atoms with Crippen LogP contribution >= 0.6 is 23.1 Å². The summed E-state index contributed by atoms with van der Waals surface area (Å²) in [5.41, 5.74) is 0.546. The molecule has 0 aliphatic rings. The zero-order valence-corrected chi connectivity index (χ0v) is 15.0. The maximum absolute atomic E-state index is 11.8. The highest BCUT2D eigenvalue weighted by Gasteiger charge is 2.15. The topological polar surface area (TPSA) is 110 Å². The third-order valence-corrected chi connectivity index (χ3v) is 4.64. The molecule has 10 heteroatoms. The maximum Gasteiger partial charge on any atom is 0.321 e. The number of hydrogen-bond donors (Lipinski definition) is 2. The van der Waals surface area contributed by atoms with Crippen molar-refractivity contribution in [3.05, 3.63) is 39.9 Å². The van der Waals surface area contributed by atoms with E-state index < -0.39 is 4.92 Å². The van der Waals surface area contributed by atoms with Gasteiger partial charge in [0.15, 0.2) is 4.34 Å². The number of benzene rings is 1. The van der Waals surface area contributed by atoms with Crippen molar-refractivity contribution in [2.45, 2.75) is 36.4 Å². The summed E-state index contributed by atoms with van der Waals surface area (Å²) in [4.78, 5) is 22.1. The van der Waals surface area contributed by atoms with E-state index in [1.165, 1.54) is 35.2 Å². The average molecular weight is 367 g/mol. The second-order valence-electron chi connectivity index (χ2n) is 5.92. The van der Waals surface area contributed by atoms with Crippen LogP contribution in [0.4, 0.5) is 15.6 Å². The smallest absolute Gasteiger partial charge is 0.321 e. The fourth-order valence-corrected chi connectivity index (χ4v) is 3.38. The number of anilines is 1. The number of hydrogen-bond acceptors (Lipinski definition) is 7. The van der Waals surface area contributed by atoms with Crippen LogP contribution in [0.15, 0.2) is 28.6 Å². The molecule has 24 heavy (non-hydrogen) atoms. The number of carbonyl (C=O) groups is 1. The normalized spacial score (nSPS) is 11.1. The van der Waals surface area contributed by atoms with E-state index in [2.05, 4.69) is 20.8 Å². The molecular weight excluding hydrogens is 350 g/mol. The summed E-state index contributed by atoms with van der Waals surface area (Å²) in [5.74, 6) is 0.532. The van der Waals surface area contributed by atoms with Gasteiger partial charge in [-0.05, 0) is 26.3 Å². The number of aromatic nitrogens is 2. The van der Waals surface area contributed by atoms with Gasteiger partial charge < -0.3 is 5.32 Å². The quantitative estimate of drug-likeness (QED) is 0.361. The third-order valence-electron chi connectivity index (χ3n) is 2.60. The van der Waals surface area contributed by atoms with Gasteiger partial charge in [-0.15, -0.1) is 10.2 Å². The van der Waals surface area contributed by atoms with Crippen LogP contribution < -0.4 is 10.6 Å². The largest absolute Gasteiger partial charge is 0.333 e. The Morgan fingerprint density at radius 1 is 1.38 bits per heavy atom. The summed E-state index contributed by atoms with van der Waals surface area (Å²) in [5, 5.41) is 24.5. The van der Waals surface area contributed by atoms with E-state index >= 15 is 0 Å². The zero-order valence-electron chi connectivity index (χ0n) is 13.4. The molecule has 0 saturated carbocycles. The standard InChI is InChI=1S/C14H17N5O3S2/c1-14(2,3)16-11(20)15-12-17-18-13(24-12)23-8-9-5-4-6-10(7-9)19(21)22/h4-7H,8H2,1-3H3,(H2,15,16,17,20). The fourth-order valence-electron chi connectivity index (χ4n) is 1.69. The van der Waals surface area contributed by atoms with Gasteiger partial charge in [0, 0.05) is 23.4 Å². The first kappa shape index (κ1) is 18.1. The predicted molar refractivity (Wildman–Crippen MR) is 94.5 cm³/mol. The van der Waals surface area contributed by atoms with Crippen LogP contribution in [0.1, 0.15) is 26.3 Å². The number of carbonyl (C=O) groups excluding carboxylic acids is 1. The van der Waals surface area contributed by atoms with Crippen molar-refractivity contribution in [3.8, 4) is 0 Å². The first-order valence-corrected chi connectivity index (χ1v) is 8.82. The Kier molecular flexibility index (Phi) is 5.73. The van der Waals surface area contributed by atoms with E-state index in [0.717, 1.165) is 5.56 Å². The van der Waals surface area contributed by atoms with Gasteiger partial charge in [-0.2, -0.15) is 0 Å². The molecule has 1 aromatic carbocycles. The van der Waals surface area contributed by atoms with E-state index in [0.29, 0.717) is 15.2 Å². The highest BCUT2D eigenvalue weighted by atomic mass is 32.2. The second-order valence-corrected chi connectivity index (χ2v) is 8.12. The zero-order chi connectivity index (χ0) is 17.7. The van der Waals surface area contributed by atoms with Crippen molar-refractivity contribution in [2.75, 3.05) is 5.32 Å². The van der Waals surface area contributed by atoms with Crippen molar-refractivity contribution in [1.82, 2.24) is 15.5 Å². The van der Waals surface area contributed by atoms with Crippen LogP contribution in [0.2, 0.25) is 0 Å². The molecule has 1 heterocycles. The Hall–Kier alpha value is -2.20. The number of amides is 2.